The molecule has 0 aliphatic carbocycles. The normalized spacial score (nSPS) is 9.71. The molecule has 12 nitrogen and oxygen atoms in total. The maximum atomic E-state index is 11.8. The first-order valence-electron chi connectivity index (χ1n) is 9.51. The molecule has 0 bridgehead atoms. The van der Waals surface area contributed by atoms with Crippen LogP contribution < -0.4 is 10.5 Å². The Morgan fingerprint density at radius 3 is 1.88 bits per heavy atom. The third kappa shape index (κ3) is 7.67. The van der Waals surface area contributed by atoms with E-state index in [1.165, 1.54) is 63.0 Å². The number of hydrogen-bond acceptors (Lipinski definition) is 11. The highest BCUT2D eigenvalue weighted by atomic mass is 16.6. The number of benzene rings is 1. The largest absolute Gasteiger partial charge is 0.465 e. The highest BCUT2D eigenvalue weighted by molar-refractivity contribution is 5.89. The Bertz CT molecular complexity index is 1150. The van der Waals surface area contributed by atoms with Gasteiger partial charge in [-0.05, 0) is 36.4 Å². The zero-order valence-corrected chi connectivity index (χ0v) is 18.2. The number of nitro groups is 1. The molecule has 0 unspecified atom stereocenters. The van der Waals surface area contributed by atoms with Crippen LogP contribution >= 0.6 is 0 Å². The van der Waals surface area contributed by atoms with E-state index in [0.717, 1.165) is 0 Å². The summed E-state index contributed by atoms with van der Waals surface area (Å²) in [4.78, 5) is 51.6. The van der Waals surface area contributed by atoms with Crippen LogP contribution in [0, 0.1) is 10.1 Å². The molecular formula is C22H20N4O8. The van der Waals surface area contributed by atoms with E-state index in [4.69, 9.17) is 10.5 Å². The third-order valence-electron chi connectivity index (χ3n) is 4.06. The molecule has 34 heavy (non-hydrogen) atoms. The summed E-state index contributed by atoms with van der Waals surface area (Å²) in [6.07, 6.45) is 2.58. The number of nitrogens with two attached hydrogens (primary N) is 1. The molecule has 2 aromatic heterocycles. The molecule has 3 aromatic rings. The van der Waals surface area contributed by atoms with Gasteiger partial charge in [0.05, 0.1) is 42.4 Å². The summed E-state index contributed by atoms with van der Waals surface area (Å²) < 4.78 is 14.1. The standard InChI is InChI=1S/C15H12N2O6.C7H8N2O2/c1-22-15(19)10-2-3-11(16-9-10)8-14(18)23-13-6-4-12(5-7-13)17(20)21;1-11-7(10)5-2-3-6(8)9-4-5/h2-7,9H,8H2,1H3;2-4H,1H3,(H2,8,9). The van der Waals surface area contributed by atoms with Crippen LogP contribution in [0.25, 0.3) is 0 Å². The molecule has 176 valence electrons. The van der Waals surface area contributed by atoms with Crippen LogP contribution in [0.1, 0.15) is 26.4 Å². The molecule has 2 heterocycles. The fourth-order valence-electron chi connectivity index (χ4n) is 2.36. The summed E-state index contributed by atoms with van der Waals surface area (Å²) in [5, 5.41) is 10.5. The Balaban J connectivity index is 0.000000310. The number of carbonyl (C=O) groups excluding carboxylic acids is 3. The zero-order chi connectivity index (χ0) is 25.1. The monoisotopic (exact) mass is 468 g/mol. The van der Waals surface area contributed by atoms with Crippen molar-refractivity contribution < 1.29 is 33.5 Å². The predicted molar refractivity (Wildman–Crippen MR) is 118 cm³/mol. The highest BCUT2D eigenvalue weighted by Crippen LogP contribution is 2.17. The van der Waals surface area contributed by atoms with Gasteiger partial charge in [0.15, 0.2) is 0 Å². The van der Waals surface area contributed by atoms with E-state index in [1.807, 2.05) is 0 Å². The van der Waals surface area contributed by atoms with Gasteiger partial charge in [0, 0.05) is 24.5 Å². The quantitative estimate of drug-likeness (QED) is 0.243. The van der Waals surface area contributed by atoms with Gasteiger partial charge in [0.1, 0.15) is 11.6 Å². The zero-order valence-electron chi connectivity index (χ0n) is 18.2. The molecule has 3 rings (SSSR count). The lowest BCUT2D eigenvalue weighted by atomic mass is 10.2. The number of pyridine rings is 2. The second-order valence-electron chi connectivity index (χ2n) is 6.39. The Labute approximate surface area is 193 Å². The van der Waals surface area contributed by atoms with Crippen LogP contribution in [0.2, 0.25) is 0 Å². The maximum absolute atomic E-state index is 11.8. The number of nitro benzene ring substituents is 1. The van der Waals surface area contributed by atoms with Gasteiger partial charge in [0.25, 0.3) is 5.69 Å². The van der Waals surface area contributed by atoms with E-state index in [9.17, 15) is 24.5 Å². The number of hydrogen-bond donors (Lipinski definition) is 1. The summed E-state index contributed by atoms with van der Waals surface area (Å²) in [7, 11) is 2.58. The number of nitrogen functional groups attached to an aromatic ring is 1. The molecule has 0 aliphatic heterocycles. The third-order valence-corrected chi connectivity index (χ3v) is 4.06. The molecule has 0 radical (unpaired) electrons. The molecule has 2 N–H and O–H groups in total. The summed E-state index contributed by atoms with van der Waals surface area (Å²) in [6.45, 7) is 0. The van der Waals surface area contributed by atoms with Gasteiger partial charge in [-0.2, -0.15) is 0 Å². The lowest BCUT2D eigenvalue weighted by Crippen LogP contribution is -2.12. The minimum atomic E-state index is -0.572. The topological polar surface area (TPSA) is 174 Å². The van der Waals surface area contributed by atoms with E-state index in [0.29, 0.717) is 17.1 Å². The van der Waals surface area contributed by atoms with Crippen molar-refractivity contribution in [2.24, 2.45) is 0 Å². The Morgan fingerprint density at radius 1 is 0.882 bits per heavy atom. The maximum Gasteiger partial charge on any atom is 0.339 e. The Hall–Kier alpha value is -4.87. The number of non-ortho nitro benzene ring substituents is 1. The first-order chi connectivity index (χ1) is 16.2. The van der Waals surface area contributed by atoms with Crippen molar-refractivity contribution in [3.8, 4) is 5.75 Å². The first kappa shape index (κ1) is 25.4. The SMILES string of the molecule is COC(=O)c1ccc(CC(=O)Oc2ccc([N+](=O)[O-])cc2)nc1.COC(=O)c1ccc(N)nc1. The van der Waals surface area contributed by atoms with Crippen molar-refractivity contribution in [1.29, 1.82) is 0 Å². The Kier molecular flexibility index (Phi) is 9.14. The fourth-order valence-corrected chi connectivity index (χ4v) is 2.36. The summed E-state index contributed by atoms with van der Waals surface area (Å²) in [5.41, 5.74) is 6.32. The molecule has 1 aromatic carbocycles. The fraction of sp³-hybridized carbons (Fsp3) is 0.136. The van der Waals surface area contributed by atoms with E-state index < -0.39 is 22.8 Å². The second-order valence-corrected chi connectivity index (χ2v) is 6.39. The molecule has 0 amide bonds. The van der Waals surface area contributed by atoms with Crippen molar-refractivity contribution in [3.63, 3.8) is 0 Å². The number of methoxy groups -OCH3 is 2. The van der Waals surface area contributed by atoms with Gasteiger partial charge in [-0.15, -0.1) is 0 Å². The number of rotatable bonds is 6. The van der Waals surface area contributed by atoms with Crippen LogP contribution in [-0.4, -0.2) is 47.0 Å². The van der Waals surface area contributed by atoms with Crippen molar-refractivity contribution in [1.82, 2.24) is 9.97 Å². The number of carbonyl (C=O) groups is 3. The van der Waals surface area contributed by atoms with Gasteiger partial charge in [0.2, 0.25) is 0 Å². The smallest absolute Gasteiger partial charge is 0.339 e. The van der Waals surface area contributed by atoms with Crippen molar-refractivity contribution >= 4 is 29.4 Å². The molecular weight excluding hydrogens is 448 g/mol. The van der Waals surface area contributed by atoms with Crippen LogP contribution in [0.4, 0.5) is 11.5 Å². The molecule has 0 spiro atoms. The minimum absolute atomic E-state index is 0.0927. The van der Waals surface area contributed by atoms with Crippen molar-refractivity contribution in [3.05, 3.63) is 87.9 Å². The van der Waals surface area contributed by atoms with Gasteiger partial charge in [-0.1, -0.05) is 0 Å². The summed E-state index contributed by atoms with van der Waals surface area (Å²) in [5.74, 6) is -0.906. The Morgan fingerprint density at radius 2 is 1.44 bits per heavy atom. The van der Waals surface area contributed by atoms with E-state index in [-0.39, 0.29) is 23.4 Å². The van der Waals surface area contributed by atoms with Crippen LogP contribution in [0.15, 0.2) is 60.9 Å². The van der Waals surface area contributed by atoms with Crippen molar-refractivity contribution in [2.75, 3.05) is 20.0 Å². The highest BCUT2D eigenvalue weighted by Gasteiger charge is 2.11. The summed E-state index contributed by atoms with van der Waals surface area (Å²) in [6, 6.07) is 11.3. The van der Waals surface area contributed by atoms with Gasteiger partial charge < -0.3 is 19.9 Å². The molecule has 0 aliphatic rings. The number of esters is 3. The molecule has 0 fully saturated rings. The average molecular weight is 468 g/mol. The van der Waals surface area contributed by atoms with E-state index in [1.54, 1.807) is 12.1 Å². The van der Waals surface area contributed by atoms with Gasteiger partial charge in [-0.3, -0.25) is 19.9 Å². The predicted octanol–water partition coefficient (Wildman–Crippen LogP) is 2.37. The van der Waals surface area contributed by atoms with Crippen LogP contribution in [0.5, 0.6) is 5.75 Å². The molecule has 0 saturated carbocycles. The number of anilines is 1. The lowest BCUT2D eigenvalue weighted by Gasteiger charge is -2.04. The summed E-state index contributed by atoms with van der Waals surface area (Å²) >= 11 is 0. The van der Waals surface area contributed by atoms with Crippen molar-refractivity contribution in [2.45, 2.75) is 6.42 Å². The average Bonchev–Trinajstić information content (AvgIpc) is 2.84. The van der Waals surface area contributed by atoms with Gasteiger partial charge in [-0.25, -0.2) is 14.6 Å². The molecule has 12 heteroatoms. The molecule has 0 saturated heterocycles. The van der Waals surface area contributed by atoms with Crippen LogP contribution in [-0.2, 0) is 20.7 Å². The van der Waals surface area contributed by atoms with Crippen LogP contribution in [0.3, 0.4) is 0 Å². The van der Waals surface area contributed by atoms with E-state index in [2.05, 4.69) is 19.4 Å². The lowest BCUT2D eigenvalue weighted by molar-refractivity contribution is -0.384. The number of nitrogens with zero attached hydrogens (tertiary/aromatic N) is 3. The second kappa shape index (κ2) is 12.2. The number of aromatic nitrogens is 2. The molecule has 0 atom stereocenters. The van der Waals surface area contributed by atoms with E-state index >= 15 is 0 Å². The minimum Gasteiger partial charge on any atom is -0.465 e. The first-order valence-corrected chi connectivity index (χ1v) is 9.51. The van der Waals surface area contributed by atoms with Gasteiger partial charge >= 0.3 is 17.9 Å². The number of ether oxygens (including phenoxy) is 3.